The summed E-state index contributed by atoms with van der Waals surface area (Å²) in [6.45, 7) is 3.99. The van der Waals surface area contributed by atoms with Gasteiger partial charge in [0.1, 0.15) is 11.7 Å². The van der Waals surface area contributed by atoms with Crippen LogP contribution in [0, 0.1) is 5.92 Å². The van der Waals surface area contributed by atoms with Gasteiger partial charge in [0.15, 0.2) is 0 Å². The molecule has 184 valence electrons. The fraction of sp³-hybridized carbons (Fsp3) is 0.304. The van der Waals surface area contributed by atoms with Crippen LogP contribution in [0.4, 0.5) is 13.2 Å². The van der Waals surface area contributed by atoms with E-state index >= 15 is 0 Å². The normalized spacial score (nSPS) is 12.9. The van der Waals surface area contributed by atoms with Gasteiger partial charge in [-0.05, 0) is 49.6 Å². The smallest absolute Gasteiger partial charge is 0.406 e. The number of rotatable bonds is 10. The molecule has 2 amide bonds. The van der Waals surface area contributed by atoms with Crippen molar-refractivity contribution >= 4 is 27.9 Å². The van der Waals surface area contributed by atoms with Crippen LogP contribution in [-0.4, -0.2) is 44.6 Å². The first-order chi connectivity index (χ1) is 15.9. The summed E-state index contributed by atoms with van der Waals surface area (Å²) >= 11 is 0. The Hall–Kier alpha value is -3.34. The van der Waals surface area contributed by atoms with Gasteiger partial charge >= 0.3 is 6.36 Å². The molecule has 0 saturated carbocycles. The molecule has 2 aromatic rings. The number of sulfonamides is 1. The van der Waals surface area contributed by atoms with Crippen LogP contribution in [0.2, 0.25) is 0 Å². The van der Waals surface area contributed by atoms with Crippen LogP contribution < -0.4 is 9.46 Å². The van der Waals surface area contributed by atoms with E-state index in [0.29, 0.717) is 11.1 Å². The van der Waals surface area contributed by atoms with Crippen molar-refractivity contribution in [2.75, 3.05) is 13.1 Å². The third-order valence-electron chi connectivity index (χ3n) is 4.77. The minimum absolute atomic E-state index is 0.217. The average Bonchev–Trinajstić information content (AvgIpc) is 2.77. The van der Waals surface area contributed by atoms with E-state index in [1.807, 2.05) is 4.72 Å². The van der Waals surface area contributed by atoms with E-state index in [-0.39, 0.29) is 19.5 Å². The third-order valence-corrected chi connectivity index (χ3v) is 5.75. The topological polar surface area (TPSA) is 92.8 Å². The highest BCUT2D eigenvalue weighted by molar-refractivity contribution is 7.93. The number of hydrogen-bond acceptors (Lipinski definition) is 5. The lowest BCUT2D eigenvalue weighted by Crippen LogP contribution is -2.45. The van der Waals surface area contributed by atoms with Crippen LogP contribution in [0.1, 0.15) is 25.0 Å². The predicted octanol–water partition coefficient (Wildman–Crippen LogP) is 3.73. The first-order valence-corrected chi connectivity index (χ1v) is 11.9. The summed E-state index contributed by atoms with van der Waals surface area (Å²) in [4.78, 5) is 27.2. The molecule has 0 spiro atoms. The number of hydrogen-bond donors (Lipinski definition) is 1. The van der Waals surface area contributed by atoms with Crippen LogP contribution >= 0.6 is 0 Å². The van der Waals surface area contributed by atoms with Gasteiger partial charge in [-0.2, -0.15) is 0 Å². The zero-order valence-corrected chi connectivity index (χ0v) is 19.4. The van der Waals surface area contributed by atoms with E-state index in [0.717, 1.165) is 17.5 Å². The van der Waals surface area contributed by atoms with Crippen molar-refractivity contribution in [2.24, 2.45) is 5.92 Å². The summed E-state index contributed by atoms with van der Waals surface area (Å²) in [5.74, 6) is -3.50. The van der Waals surface area contributed by atoms with E-state index in [9.17, 15) is 31.2 Å². The molecule has 0 bridgehead atoms. The van der Waals surface area contributed by atoms with Gasteiger partial charge in [0.2, 0.25) is 11.8 Å². The Labute approximate surface area is 196 Å². The number of alkyl halides is 3. The molecule has 0 saturated heterocycles. The summed E-state index contributed by atoms with van der Waals surface area (Å²) in [6, 6.07) is 13.2. The van der Waals surface area contributed by atoms with Gasteiger partial charge < -0.3 is 9.64 Å². The molecule has 0 aliphatic carbocycles. The van der Waals surface area contributed by atoms with Crippen LogP contribution in [-0.2, 0) is 26.0 Å². The molecule has 0 fully saturated rings. The van der Waals surface area contributed by atoms with Crippen molar-refractivity contribution in [3.05, 3.63) is 71.1 Å². The zero-order chi connectivity index (χ0) is 25.4. The molecule has 34 heavy (non-hydrogen) atoms. The number of nitrogens with one attached hydrogen (secondary N) is 1. The van der Waals surface area contributed by atoms with E-state index < -0.39 is 39.9 Å². The predicted molar refractivity (Wildman–Crippen MR) is 121 cm³/mol. The van der Waals surface area contributed by atoms with Gasteiger partial charge in [-0.3, -0.25) is 9.59 Å². The number of amides is 2. The second-order valence-corrected chi connectivity index (χ2v) is 8.75. The number of ether oxygens (including phenoxy) is 1. The number of nitrogens with zero attached hydrogens (tertiary/aromatic N) is 1. The number of benzene rings is 2. The van der Waals surface area contributed by atoms with Gasteiger partial charge in [0, 0.05) is 13.1 Å². The monoisotopic (exact) mass is 498 g/mol. The highest BCUT2D eigenvalue weighted by atomic mass is 32.2. The first kappa shape index (κ1) is 26.9. The van der Waals surface area contributed by atoms with Gasteiger partial charge in [0.05, 0.1) is 5.41 Å². The fourth-order valence-corrected chi connectivity index (χ4v) is 3.92. The van der Waals surface area contributed by atoms with Crippen molar-refractivity contribution in [3.8, 4) is 5.75 Å². The maximum Gasteiger partial charge on any atom is 0.573 e. The first-order valence-electron chi connectivity index (χ1n) is 10.4. The lowest BCUT2D eigenvalue weighted by Gasteiger charge is -2.24. The lowest BCUT2D eigenvalue weighted by atomic mass is 9.97. The van der Waals surface area contributed by atoms with Crippen molar-refractivity contribution in [1.82, 2.24) is 9.62 Å². The Morgan fingerprint density at radius 2 is 1.62 bits per heavy atom. The van der Waals surface area contributed by atoms with Gasteiger partial charge in [-0.1, -0.05) is 42.5 Å². The highest BCUT2D eigenvalue weighted by Gasteiger charge is 2.33. The van der Waals surface area contributed by atoms with Crippen LogP contribution in [0.15, 0.2) is 60.0 Å². The Bertz CT molecular complexity index is 1100. The molecule has 1 atom stereocenters. The molecule has 7 nitrogen and oxygen atoms in total. The summed E-state index contributed by atoms with van der Waals surface area (Å²) in [5, 5.41) is 0.822. The van der Waals surface area contributed by atoms with E-state index in [1.54, 1.807) is 44.2 Å². The van der Waals surface area contributed by atoms with Crippen molar-refractivity contribution in [3.63, 3.8) is 0 Å². The third kappa shape index (κ3) is 8.54. The van der Waals surface area contributed by atoms with E-state index in [1.165, 1.54) is 23.1 Å². The minimum atomic E-state index is -4.86. The maximum atomic E-state index is 12.9. The maximum absolute atomic E-state index is 12.9. The molecule has 1 unspecified atom stereocenters. The molecule has 11 heteroatoms. The Kier molecular flexibility index (Phi) is 9.25. The van der Waals surface area contributed by atoms with Crippen LogP contribution in [0.3, 0.4) is 0 Å². The van der Waals surface area contributed by atoms with Crippen molar-refractivity contribution in [1.29, 1.82) is 0 Å². The molecule has 1 N–H and O–H groups in total. The molecule has 0 aliphatic rings. The second kappa shape index (κ2) is 11.7. The second-order valence-electron chi connectivity index (χ2n) is 7.18. The Morgan fingerprint density at radius 3 is 2.15 bits per heavy atom. The summed E-state index contributed by atoms with van der Waals surface area (Å²) < 4.78 is 67.7. The zero-order valence-electron chi connectivity index (χ0n) is 18.6. The molecule has 0 radical (unpaired) electrons. The Balaban J connectivity index is 2.23. The standard InChI is InChI=1S/C23H25F3N2O5S/c1-3-28(4-2)22(30)20(16-18-10-12-19(13-11-18)33-23(24,25)26)21(29)27-34(31,32)15-14-17-8-6-5-7-9-17/h5-15,20H,3-4,16H2,1-2H3,(H,27,29). The number of carbonyl (C=O) groups excluding carboxylic acids is 2. The largest absolute Gasteiger partial charge is 0.573 e. The molecule has 2 aromatic carbocycles. The molecular formula is C23H25F3N2O5S. The van der Waals surface area contributed by atoms with Crippen LogP contribution in [0.5, 0.6) is 5.75 Å². The fourth-order valence-electron chi connectivity index (χ4n) is 3.09. The quantitative estimate of drug-likeness (QED) is 0.504. The molecule has 0 aliphatic heterocycles. The SMILES string of the molecule is CCN(CC)C(=O)C(Cc1ccc(OC(F)(F)F)cc1)C(=O)NS(=O)(=O)C=Cc1ccccc1. The number of halogens is 3. The van der Waals surface area contributed by atoms with E-state index in [4.69, 9.17) is 0 Å². The Morgan fingerprint density at radius 1 is 1.03 bits per heavy atom. The minimum Gasteiger partial charge on any atom is -0.406 e. The molecule has 2 rings (SSSR count). The molecule has 0 heterocycles. The molecule has 0 aromatic heterocycles. The lowest BCUT2D eigenvalue weighted by molar-refractivity contribution is -0.274. The van der Waals surface area contributed by atoms with Gasteiger partial charge in [-0.15, -0.1) is 13.2 Å². The van der Waals surface area contributed by atoms with Gasteiger partial charge in [-0.25, -0.2) is 13.1 Å². The van der Waals surface area contributed by atoms with Gasteiger partial charge in [0.25, 0.3) is 10.0 Å². The molecular weight excluding hydrogens is 473 g/mol. The summed E-state index contributed by atoms with van der Waals surface area (Å²) in [7, 11) is -4.21. The van der Waals surface area contributed by atoms with Crippen LogP contribution in [0.25, 0.3) is 6.08 Å². The summed E-state index contributed by atoms with van der Waals surface area (Å²) in [6.07, 6.45) is -3.77. The van der Waals surface area contributed by atoms with Crippen molar-refractivity contribution in [2.45, 2.75) is 26.6 Å². The average molecular weight is 499 g/mol. The van der Waals surface area contributed by atoms with E-state index in [2.05, 4.69) is 4.74 Å². The highest BCUT2D eigenvalue weighted by Crippen LogP contribution is 2.24. The number of carbonyl (C=O) groups is 2. The summed E-state index contributed by atoms with van der Waals surface area (Å²) in [5.41, 5.74) is 0.949. The van der Waals surface area contributed by atoms with Crippen molar-refractivity contribution < 1.29 is 35.9 Å².